The topological polar surface area (TPSA) is 29.1 Å². The maximum atomic E-state index is 12.1. The Balaban J connectivity index is 2.48. The van der Waals surface area contributed by atoms with E-state index in [0.717, 1.165) is 11.0 Å². The van der Waals surface area contributed by atoms with Crippen molar-refractivity contribution in [1.29, 1.82) is 0 Å². The van der Waals surface area contributed by atoms with Crippen molar-refractivity contribution in [1.82, 2.24) is 5.32 Å². The lowest BCUT2D eigenvalue weighted by Crippen LogP contribution is -2.34. The van der Waals surface area contributed by atoms with E-state index < -0.39 is 0 Å². The molecule has 1 aromatic rings. The molecule has 3 heteroatoms. The summed E-state index contributed by atoms with van der Waals surface area (Å²) in [6.45, 7) is 11.8. The fourth-order valence-electron chi connectivity index (χ4n) is 2.73. The molecule has 0 aliphatic heterocycles. The molecule has 0 heterocycles. The van der Waals surface area contributed by atoms with Gasteiger partial charge in [-0.25, -0.2) is 0 Å². The second kappa shape index (κ2) is 8.57. The number of hydrogen-bond acceptors (Lipinski definition) is 1. The second-order valence-electron chi connectivity index (χ2n) is 6.61. The average molecular weight is 354 g/mol. The van der Waals surface area contributed by atoms with E-state index in [1.54, 1.807) is 0 Å². The number of carbonyl (C=O) groups is 1. The molecule has 1 rings (SSSR count). The van der Waals surface area contributed by atoms with Crippen LogP contribution in [0.5, 0.6) is 0 Å². The minimum atomic E-state index is 0.150. The van der Waals surface area contributed by atoms with Gasteiger partial charge >= 0.3 is 0 Å². The first-order valence-corrected chi connectivity index (χ1v) is 8.62. The smallest absolute Gasteiger partial charge is 0.220 e. The molecule has 1 unspecified atom stereocenters. The molecule has 0 saturated carbocycles. The van der Waals surface area contributed by atoms with Gasteiger partial charge in [-0.15, -0.1) is 0 Å². The Hall–Kier alpha value is -0.830. The number of rotatable bonds is 7. The van der Waals surface area contributed by atoms with Gasteiger partial charge in [-0.1, -0.05) is 62.7 Å². The maximum absolute atomic E-state index is 12.1. The Morgan fingerprint density at radius 2 is 1.57 bits per heavy atom. The van der Waals surface area contributed by atoms with Gasteiger partial charge in [-0.2, -0.15) is 0 Å². The number of benzene rings is 1. The van der Waals surface area contributed by atoms with Crippen molar-refractivity contribution >= 4 is 21.8 Å². The van der Waals surface area contributed by atoms with Crippen molar-refractivity contribution in [3.05, 3.63) is 34.3 Å². The Labute approximate surface area is 137 Å². The molecule has 118 valence electrons. The Morgan fingerprint density at radius 3 is 2.05 bits per heavy atom. The lowest BCUT2D eigenvalue weighted by atomic mass is 9.85. The third kappa shape index (κ3) is 6.21. The highest BCUT2D eigenvalue weighted by Gasteiger charge is 2.19. The highest BCUT2D eigenvalue weighted by Crippen LogP contribution is 2.22. The Morgan fingerprint density at radius 1 is 1.05 bits per heavy atom. The highest BCUT2D eigenvalue weighted by atomic mass is 79.9. The van der Waals surface area contributed by atoms with E-state index in [0.29, 0.717) is 24.2 Å². The van der Waals surface area contributed by atoms with E-state index in [1.165, 1.54) is 5.56 Å². The molecule has 0 aromatic heterocycles. The predicted octanol–water partition coefficient (Wildman–Crippen LogP) is 4.99. The van der Waals surface area contributed by atoms with Crippen molar-refractivity contribution in [2.75, 3.05) is 6.54 Å². The molecule has 21 heavy (non-hydrogen) atoms. The van der Waals surface area contributed by atoms with Gasteiger partial charge in [0.05, 0.1) is 0 Å². The van der Waals surface area contributed by atoms with Crippen LogP contribution < -0.4 is 5.32 Å². The summed E-state index contributed by atoms with van der Waals surface area (Å²) in [7, 11) is 0. The quantitative estimate of drug-likeness (QED) is 0.735. The third-order valence-corrected chi connectivity index (χ3v) is 4.71. The normalized spacial score (nSPS) is 13.0. The van der Waals surface area contributed by atoms with Crippen LogP contribution in [0.4, 0.5) is 0 Å². The van der Waals surface area contributed by atoms with Gasteiger partial charge in [-0.05, 0) is 41.4 Å². The van der Waals surface area contributed by atoms with Crippen LogP contribution in [0.3, 0.4) is 0 Å². The van der Waals surface area contributed by atoms with Gasteiger partial charge in [0, 0.05) is 17.4 Å². The summed E-state index contributed by atoms with van der Waals surface area (Å²) in [6, 6.07) is 8.20. The summed E-state index contributed by atoms with van der Waals surface area (Å²) < 4.78 is 1.07. The molecule has 1 atom stereocenters. The molecule has 2 nitrogen and oxygen atoms in total. The Bertz CT molecular complexity index is 431. The molecular formula is C18H28BrNO. The molecular weight excluding hydrogens is 326 g/mol. The molecule has 1 aromatic carbocycles. The van der Waals surface area contributed by atoms with Crippen LogP contribution >= 0.6 is 15.9 Å². The van der Waals surface area contributed by atoms with E-state index in [9.17, 15) is 4.79 Å². The molecule has 0 saturated heterocycles. The predicted molar refractivity (Wildman–Crippen MR) is 93.3 cm³/mol. The lowest BCUT2D eigenvalue weighted by molar-refractivity contribution is -0.121. The summed E-state index contributed by atoms with van der Waals surface area (Å²) in [5, 5.41) is 3.11. The fraction of sp³-hybridized carbons (Fsp3) is 0.611. The number of amides is 1. The molecule has 0 aliphatic rings. The minimum Gasteiger partial charge on any atom is -0.356 e. The minimum absolute atomic E-state index is 0.150. The first kappa shape index (κ1) is 18.2. The van der Waals surface area contributed by atoms with Crippen LogP contribution in [-0.2, 0) is 4.79 Å². The average Bonchev–Trinajstić information content (AvgIpc) is 2.38. The van der Waals surface area contributed by atoms with Crippen molar-refractivity contribution in [2.45, 2.75) is 47.0 Å². The zero-order valence-electron chi connectivity index (χ0n) is 13.8. The molecule has 0 bridgehead atoms. The largest absolute Gasteiger partial charge is 0.356 e. The van der Waals surface area contributed by atoms with E-state index >= 15 is 0 Å². The van der Waals surface area contributed by atoms with Crippen LogP contribution in [-0.4, -0.2) is 12.5 Å². The molecule has 0 radical (unpaired) electrons. The van der Waals surface area contributed by atoms with Crippen molar-refractivity contribution < 1.29 is 4.79 Å². The van der Waals surface area contributed by atoms with Crippen LogP contribution in [0.15, 0.2) is 28.7 Å². The monoisotopic (exact) mass is 353 g/mol. The van der Waals surface area contributed by atoms with Gasteiger partial charge in [0.25, 0.3) is 0 Å². The van der Waals surface area contributed by atoms with Crippen LogP contribution in [0.25, 0.3) is 0 Å². The first-order valence-electron chi connectivity index (χ1n) is 7.83. The summed E-state index contributed by atoms with van der Waals surface area (Å²) in [6.07, 6.45) is 0.546. The van der Waals surface area contributed by atoms with Crippen molar-refractivity contribution in [2.24, 2.45) is 17.8 Å². The van der Waals surface area contributed by atoms with Crippen molar-refractivity contribution in [3.63, 3.8) is 0 Å². The zero-order chi connectivity index (χ0) is 16.0. The van der Waals surface area contributed by atoms with Gasteiger partial charge in [0.2, 0.25) is 5.91 Å². The van der Waals surface area contributed by atoms with E-state index in [2.05, 4.69) is 68.0 Å². The molecule has 0 aliphatic carbocycles. The number of carbonyl (C=O) groups excluding carboxylic acids is 1. The molecule has 0 spiro atoms. The van der Waals surface area contributed by atoms with E-state index in [4.69, 9.17) is 0 Å². The van der Waals surface area contributed by atoms with Crippen LogP contribution in [0.1, 0.15) is 52.5 Å². The van der Waals surface area contributed by atoms with Crippen LogP contribution in [0.2, 0.25) is 0 Å². The SMILES string of the molecule is CC(CC(=O)NCC(C(C)C)C(C)C)c1ccc(Br)cc1. The lowest BCUT2D eigenvalue weighted by Gasteiger charge is -2.25. The van der Waals surface area contributed by atoms with Crippen molar-refractivity contribution in [3.8, 4) is 0 Å². The third-order valence-electron chi connectivity index (χ3n) is 4.18. The summed E-state index contributed by atoms with van der Waals surface area (Å²) in [5.41, 5.74) is 1.21. The number of nitrogens with one attached hydrogen (secondary N) is 1. The Kier molecular flexibility index (Phi) is 7.44. The molecule has 0 fully saturated rings. The maximum Gasteiger partial charge on any atom is 0.220 e. The fourth-order valence-corrected chi connectivity index (χ4v) is 3.00. The van der Waals surface area contributed by atoms with E-state index in [-0.39, 0.29) is 11.8 Å². The first-order chi connectivity index (χ1) is 9.81. The summed E-state index contributed by atoms with van der Waals surface area (Å²) in [4.78, 5) is 12.1. The summed E-state index contributed by atoms with van der Waals surface area (Å²) in [5.74, 6) is 2.12. The zero-order valence-corrected chi connectivity index (χ0v) is 15.4. The standard InChI is InChI=1S/C18H28BrNO/c1-12(2)17(13(3)4)11-20-18(21)10-14(5)15-6-8-16(19)9-7-15/h6-9,12-14,17H,10-11H2,1-5H3,(H,20,21). The second-order valence-corrected chi connectivity index (χ2v) is 7.53. The molecule has 1 N–H and O–H groups in total. The van der Waals surface area contributed by atoms with E-state index in [1.807, 2.05) is 12.1 Å². The van der Waals surface area contributed by atoms with Crippen LogP contribution in [0, 0.1) is 17.8 Å². The number of halogens is 1. The highest BCUT2D eigenvalue weighted by molar-refractivity contribution is 9.10. The van der Waals surface area contributed by atoms with Gasteiger partial charge in [0.1, 0.15) is 0 Å². The van der Waals surface area contributed by atoms with Gasteiger partial charge in [-0.3, -0.25) is 4.79 Å². The summed E-state index contributed by atoms with van der Waals surface area (Å²) >= 11 is 3.43. The van der Waals surface area contributed by atoms with Gasteiger partial charge < -0.3 is 5.32 Å². The van der Waals surface area contributed by atoms with Gasteiger partial charge in [0.15, 0.2) is 0 Å². The number of hydrogen-bond donors (Lipinski definition) is 1. The molecule has 1 amide bonds.